The van der Waals surface area contributed by atoms with Crippen molar-refractivity contribution in [2.75, 3.05) is 13.1 Å². The molecule has 1 aromatic carbocycles. The lowest BCUT2D eigenvalue weighted by Gasteiger charge is -2.33. The molecule has 1 saturated carbocycles. The third-order valence-corrected chi connectivity index (χ3v) is 9.88. The van der Waals surface area contributed by atoms with E-state index in [4.69, 9.17) is 9.97 Å². The molecule has 4 aromatic rings. The number of hydrogen-bond acceptors (Lipinski definition) is 7. The Morgan fingerprint density at radius 1 is 0.957 bits per heavy atom. The number of aromatic nitrogens is 5. The first-order valence-electron chi connectivity index (χ1n) is 16.7. The Bertz CT molecular complexity index is 1710. The van der Waals surface area contributed by atoms with Crippen molar-refractivity contribution in [3.05, 3.63) is 95.6 Å². The van der Waals surface area contributed by atoms with Crippen LogP contribution in [0.4, 0.5) is 0 Å². The first kappa shape index (κ1) is 32.0. The van der Waals surface area contributed by atoms with Gasteiger partial charge in [0.05, 0.1) is 29.1 Å². The molecule has 1 unspecified atom stereocenters. The molecule has 47 heavy (non-hydrogen) atoms. The summed E-state index contributed by atoms with van der Waals surface area (Å²) >= 11 is 0. The summed E-state index contributed by atoms with van der Waals surface area (Å²) in [5.74, 6) is 1.27. The number of nitriles is 1. The van der Waals surface area contributed by atoms with E-state index in [0.717, 1.165) is 78.8 Å². The van der Waals surface area contributed by atoms with Crippen molar-refractivity contribution in [1.29, 1.82) is 5.26 Å². The first-order valence-corrected chi connectivity index (χ1v) is 16.7. The van der Waals surface area contributed by atoms with E-state index in [1.165, 1.54) is 0 Å². The summed E-state index contributed by atoms with van der Waals surface area (Å²) in [4.78, 5) is 41.8. The molecule has 2 amide bonds. The van der Waals surface area contributed by atoms with Crippen LogP contribution in [0.1, 0.15) is 85.6 Å². The van der Waals surface area contributed by atoms with E-state index >= 15 is 0 Å². The minimum atomic E-state index is -0.346. The lowest BCUT2D eigenvalue weighted by Crippen LogP contribution is -2.36. The van der Waals surface area contributed by atoms with Crippen LogP contribution in [0.15, 0.2) is 67.3 Å². The van der Waals surface area contributed by atoms with Crippen LogP contribution in [0.2, 0.25) is 0 Å². The smallest absolute Gasteiger partial charge is 0.229 e. The van der Waals surface area contributed by atoms with Crippen LogP contribution in [0, 0.1) is 23.2 Å². The van der Waals surface area contributed by atoms with Crippen molar-refractivity contribution in [1.82, 2.24) is 34.9 Å². The Kier molecular flexibility index (Phi) is 10.0. The van der Waals surface area contributed by atoms with Crippen molar-refractivity contribution < 1.29 is 9.59 Å². The monoisotopic (exact) mass is 630 g/mol. The molecule has 0 radical (unpaired) electrons. The van der Waals surface area contributed by atoms with E-state index in [2.05, 4.69) is 21.5 Å². The molecule has 10 heteroatoms. The molecule has 1 aliphatic carbocycles. The minimum absolute atomic E-state index is 0.00909. The van der Waals surface area contributed by atoms with Gasteiger partial charge in [-0.25, -0.2) is 9.97 Å². The third kappa shape index (κ3) is 7.74. The molecule has 1 atom stereocenters. The summed E-state index contributed by atoms with van der Waals surface area (Å²) in [6, 6.07) is 16.3. The number of carbonyl (C=O) groups excluding carboxylic acids is 2. The maximum absolute atomic E-state index is 13.8. The predicted molar refractivity (Wildman–Crippen MR) is 178 cm³/mol. The topological polar surface area (TPSA) is 130 Å². The average Bonchev–Trinajstić information content (AvgIpc) is 3.55. The van der Waals surface area contributed by atoms with Crippen LogP contribution in [0.5, 0.6) is 0 Å². The van der Waals surface area contributed by atoms with Gasteiger partial charge in [-0.05, 0) is 62.0 Å². The molecule has 0 spiro atoms. The number of likely N-dealkylation sites (tertiary alicyclic amines) is 1. The second-order valence-corrected chi connectivity index (χ2v) is 13.0. The number of amides is 2. The van der Waals surface area contributed by atoms with Gasteiger partial charge in [0.1, 0.15) is 11.9 Å². The molecule has 3 aromatic heterocycles. The fourth-order valence-electron chi connectivity index (χ4n) is 7.20. The van der Waals surface area contributed by atoms with E-state index in [1.807, 2.05) is 73.0 Å². The number of rotatable bonds is 9. The largest absolute Gasteiger partial charge is 0.351 e. The van der Waals surface area contributed by atoms with Crippen molar-refractivity contribution in [3.63, 3.8) is 0 Å². The van der Waals surface area contributed by atoms with Gasteiger partial charge in [-0.2, -0.15) is 10.4 Å². The molecule has 6 rings (SSSR count). The zero-order valence-corrected chi connectivity index (χ0v) is 27.2. The number of nitrogens with zero attached hydrogens (tertiary/aromatic N) is 7. The van der Waals surface area contributed by atoms with Gasteiger partial charge in [0.15, 0.2) is 0 Å². The Morgan fingerprint density at radius 3 is 2.36 bits per heavy atom. The molecule has 1 aliphatic heterocycles. The van der Waals surface area contributed by atoms with Crippen LogP contribution < -0.4 is 5.32 Å². The van der Waals surface area contributed by atoms with Gasteiger partial charge in [0.2, 0.25) is 11.8 Å². The maximum Gasteiger partial charge on any atom is 0.229 e. The molecular formula is C37H42N8O2. The van der Waals surface area contributed by atoms with Crippen molar-refractivity contribution >= 4 is 11.8 Å². The molecule has 2 aliphatic rings. The third-order valence-electron chi connectivity index (χ3n) is 9.88. The van der Waals surface area contributed by atoms with Crippen LogP contribution >= 0.6 is 0 Å². The van der Waals surface area contributed by atoms with E-state index in [9.17, 15) is 14.9 Å². The Morgan fingerprint density at radius 2 is 1.72 bits per heavy atom. The van der Waals surface area contributed by atoms with Gasteiger partial charge < -0.3 is 10.2 Å². The predicted octanol–water partition coefficient (Wildman–Crippen LogP) is 5.32. The number of carbonyl (C=O) groups is 2. The maximum atomic E-state index is 13.8. The van der Waals surface area contributed by atoms with Crippen LogP contribution in [0.25, 0.3) is 11.1 Å². The first-order chi connectivity index (χ1) is 22.9. The molecule has 1 N–H and O–H groups in total. The molecule has 2 fully saturated rings. The van der Waals surface area contributed by atoms with E-state index < -0.39 is 0 Å². The van der Waals surface area contributed by atoms with Crippen molar-refractivity contribution in [2.24, 2.45) is 18.9 Å². The summed E-state index contributed by atoms with van der Waals surface area (Å²) < 4.78 is 1.77. The fraction of sp³-hybridized carbons (Fsp3) is 0.432. The molecule has 1 saturated heterocycles. The van der Waals surface area contributed by atoms with Crippen LogP contribution in [0.3, 0.4) is 0 Å². The van der Waals surface area contributed by atoms with Gasteiger partial charge in [-0.1, -0.05) is 36.4 Å². The van der Waals surface area contributed by atoms with Gasteiger partial charge in [0, 0.05) is 75.7 Å². The summed E-state index contributed by atoms with van der Waals surface area (Å²) in [7, 11) is 1.89. The Labute approximate surface area is 276 Å². The summed E-state index contributed by atoms with van der Waals surface area (Å²) in [6.07, 6.45) is 13.4. The normalized spacial score (nSPS) is 19.1. The van der Waals surface area contributed by atoms with Gasteiger partial charge in [-0.15, -0.1) is 0 Å². The lowest BCUT2D eigenvalue weighted by atomic mass is 9.73. The number of piperidine rings is 1. The second-order valence-electron chi connectivity index (χ2n) is 13.0. The van der Waals surface area contributed by atoms with Crippen LogP contribution in [-0.4, -0.2) is 54.5 Å². The molecule has 0 bridgehead atoms. The van der Waals surface area contributed by atoms with Crippen molar-refractivity contribution in [3.8, 4) is 17.2 Å². The van der Waals surface area contributed by atoms with Gasteiger partial charge in [-0.3, -0.25) is 19.3 Å². The average molecular weight is 631 g/mol. The molecular weight excluding hydrogens is 588 g/mol. The van der Waals surface area contributed by atoms with Crippen LogP contribution in [-0.2, 0) is 29.6 Å². The zero-order valence-electron chi connectivity index (χ0n) is 27.2. The highest BCUT2D eigenvalue weighted by atomic mass is 16.2. The number of pyridine rings is 1. The van der Waals surface area contributed by atoms with Gasteiger partial charge in [0.25, 0.3) is 0 Å². The SMILES string of the molecule is CC(=O)N1CCC(c2nc(CC3CCC(C(C(=O)NCc4ccccc4)c4ccc(-c5cnn(C)c5)cn4)CC3)ncc2C#N)CC1. The highest BCUT2D eigenvalue weighted by molar-refractivity contribution is 5.83. The quantitative estimate of drug-likeness (QED) is 0.265. The number of nitrogens with one attached hydrogen (secondary N) is 1. The number of hydrogen-bond donors (Lipinski definition) is 1. The lowest BCUT2D eigenvalue weighted by molar-refractivity contribution is -0.130. The standard InChI is InChI=1S/C37H42N8O2/c1-25(46)45-16-14-29(15-17-45)36-31(19-38)22-40-34(43-36)18-26-8-10-28(11-9-26)35(37(47)41-20-27-6-4-3-5-7-27)33-13-12-30(21-39-33)32-23-42-44(2)24-32/h3-7,12-13,21-24,26,28-29,35H,8-11,14-18,20H2,1-2H3,(H,41,47). The molecule has 10 nitrogen and oxygen atoms in total. The number of benzene rings is 1. The fourth-order valence-corrected chi connectivity index (χ4v) is 7.20. The number of aryl methyl sites for hydroxylation is 1. The summed E-state index contributed by atoms with van der Waals surface area (Å²) in [6.45, 7) is 3.46. The Hall–Kier alpha value is -4.91. The Balaban J connectivity index is 1.13. The second kappa shape index (κ2) is 14.7. The summed E-state index contributed by atoms with van der Waals surface area (Å²) in [5.41, 5.74) is 5.18. The molecule has 242 valence electrons. The highest BCUT2D eigenvalue weighted by Gasteiger charge is 2.35. The zero-order chi connectivity index (χ0) is 32.8. The summed E-state index contributed by atoms with van der Waals surface area (Å²) in [5, 5.41) is 17.2. The van der Waals surface area contributed by atoms with Gasteiger partial charge >= 0.3 is 0 Å². The minimum Gasteiger partial charge on any atom is -0.351 e. The molecule has 4 heterocycles. The van der Waals surface area contributed by atoms with E-state index in [1.54, 1.807) is 17.8 Å². The van der Waals surface area contributed by atoms with Crippen molar-refractivity contribution in [2.45, 2.75) is 70.3 Å². The van der Waals surface area contributed by atoms with E-state index in [0.29, 0.717) is 31.1 Å². The highest BCUT2D eigenvalue weighted by Crippen LogP contribution is 2.39. The van der Waals surface area contributed by atoms with E-state index in [-0.39, 0.29) is 29.6 Å².